The van der Waals surface area contributed by atoms with Crippen LogP contribution < -0.4 is 4.90 Å². The summed E-state index contributed by atoms with van der Waals surface area (Å²) in [5.41, 5.74) is 1.83. The number of alkyl halides is 1. The summed E-state index contributed by atoms with van der Waals surface area (Å²) in [4.78, 5) is 18.7. The summed E-state index contributed by atoms with van der Waals surface area (Å²) in [7, 11) is 2.10. The lowest BCUT2D eigenvalue weighted by atomic mass is 10.0. The molecule has 4 rings (SSSR count). The largest absolute Gasteiger partial charge is 0.356 e. The van der Waals surface area contributed by atoms with E-state index in [9.17, 15) is 0 Å². The zero-order valence-corrected chi connectivity index (χ0v) is 15.1. The van der Waals surface area contributed by atoms with Crippen LogP contribution in [0.4, 0.5) is 5.82 Å². The predicted octanol–water partition coefficient (Wildman–Crippen LogP) is 3.37. The maximum Gasteiger partial charge on any atom is 0.142 e. The van der Waals surface area contributed by atoms with Gasteiger partial charge in [0.05, 0.1) is 17.0 Å². The highest BCUT2D eigenvalue weighted by Crippen LogP contribution is 2.27. The third-order valence-electron chi connectivity index (χ3n) is 4.38. The van der Waals surface area contributed by atoms with E-state index < -0.39 is 0 Å². The minimum Gasteiger partial charge on any atom is -0.356 e. The summed E-state index contributed by atoms with van der Waals surface area (Å²) in [6.45, 7) is 4.97. The molecule has 4 heterocycles. The number of likely N-dealkylation sites (N-methyl/N-ethyl adjacent to an activating group) is 1. The van der Waals surface area contributed by atoms with Gasteiger partial charge in [0.1, 0.15) is 23.6 Å². The van der Waals surface area contributed by atoms with Crippen LogP contribution in [0.5, 0.6) is 0 Å². The van der Waals surface area contributed by atoms with Crippen molar-refractivity contribution in [3.63, 3.8) is 0 Å². The van der Waals surface area contributed by atoms with E-state index in [2.05, 4.69) is 42.6 Å². The van der Waals surface area contributed by atoms with E-state index in [4.69, 9.17) is 11.6 Å². The first-order chi connectivity index (χ1) is 11.8. The molecule has 1 unspecified atom stereocenters. The van der Waals surface area contributed by atoms with Gasteiger partial charge in [-0.25, -0.2) is 15.0 Å². The second kappa shape index (κ2) is 7.21. The summed E-state index contributed by atoms with van der Waals surface area (Å²) in [6, 6.07) is 2.40. The zero-order valence-electron chi connectivity index (χ0n) is 14.3. The number of H-pyrrole nitrogens is 1. The van der Waals surface area contributed by atoms with Crippen molar-refractivity contribution in [1.82, 2.24) is 24.5 Å². The third-order valence-corrected chi connectivity index (χ3v) is 4.66. The molecule has 6 nitrogen and oxygen atoms in total. The highest BCUT2D eigenvalue weighted by atomic mass is 35.5. The van der Waals surface area contributed by atoms with Crippen LogP contribution in [0.15, 0.2) is 24.8 Å². The fraction of sp³-hybridized carbons (Fsp3) is 0.471. The van der Waals surface area contributed by atoms with E-state index in [1.165, 1.54) is 0 Å². The summed E-state index contributed by atoms with van der Waals surface area (Å²) in [5, 5.41) is 1.06. The van der Waals surface area contributed by atoms with Crippen LogP contribution in [-0.2, 0) is 18.8 Å². The molecule has 1 aliphatic heterocycles. The Morgan fingerprint density at radius 1 is 1.38 bits per heavy atom. The van der Waals surface area contributed by atoms with Crippen molar-refractivity contribution < 1.29 is 0 Å². The number of fused-ring (bicyclic) bond motifs is 2. The average Bonchev–Trinajstić information content (AvgIpc) is 3.27. The number of nitrogens with one attached hydrogen (secondary N) is 1. The van der Waals surface area contributed by atoms with Gasteiger partial charge in [0.25, 0.3) is 0 Å². The molecule has 0 amide bonds. The molecule has 0 spiro atoms. The first-order valence-corrected chi connectivity index (χ1v) is 8.91. The predicted molar refractivity (Wildman–Crippen MR) is 97.5 cm³/mol. The zero-order chi connectivity index (χ0) is 17.1. The van der Waals surface area contributed by atoms with Gasteiger partial charge in [-0.1, -0.05) is 13.8 Å². The van der Waals surface area contributed by atoms with Gasteiger partial charge in [-0.2, -0.15) is 0 Å². The Kier molecular flexibility index (Phi) is 5.04. The molecule has 7 heteroatoms. The van der Waals surface area contributed by atoms with Gasteiger partial charge in [-0.05, 0) is 12.5 Å². The summed E-state index contributed by atoms with van der Waals surface area (Å²) in [5.74, 6) is 2.54. The van der Waals surface area contributed by atoms with E-state index >= 15 is 0 Å². The van der Waals surface area contributed by atoms with Crippen molar-refractivity contribution in [2.24, 2.45) is 0 Å². The standard InChI is InChI=1S/C15H17ClN6.C2H6/c1-21(15-12-2-4-17-14(12)18-9-19-15)11-3-5-22-8-10(7-16)20-13(22)6-11;1-2/h2,4,8-9,11H,3,5-7H2,1H3,(H,17,18,19);1-2H3. The Hall–Kier alpha value is -2.08. The van der Waals surface area contributed by atoms with Crippen LogP contribution in [0.1, 0.15) is 31.8 Å². The van der Waals surface area contributed by atoms with Crippen molar-refractivity contribution in [2.45, 2.75) is 45.2 Å². The molecule has 128 valence electrons. The molecule has 3 aromatic heterocycles. The Morgan fingerprint density at radius 3 is 3.00 bits per heavy atom. The summed E-state index contributed by atoms with van der Waals surface area (Å²) >= 11 is 5.89. The van der Waals surface area contributed by atoms with Crippen LogP contribution in [-0.4, -0.2) is 37.6 Å². The van der Waals surface area contributed by atoms with Crippen LogP contribution in [0.25, 0.3) is 11.0 Å². The summed E-state index contributed by atoms with van der Waals surface area (Å²) in [6.07, 6.45) is 7.55. The fourth-order valence-corrected chi connectivity index (χ4v) is 3.31. The molecule has 0 saturated heterocycles. The Labute approximate surface area is 146 Å². The highest BCUT2D eigenvalue weighted by Gasteiger charge is 2.25. The number of hydrogen-bond donors (Lipinski definition) is 1. The molecule has 1 aliphatic rings. The van der Waals surface area contributed by atoms with Crippen molar-refractivity contribution in [2.75, 3.05) is 11.9 Å². The van der Waals surface area contributed by atoms with E-state index in [1.54, 1.807) is 6.33 Å². The number of imidazole rings is 1. The molecule has 1 atom stereocenters. The third kappa shape index (κ3) is 2.98. The molecule has 0 aromatic carbocycles. The second-order valence-electron chi connectivity index (χ2n) is 5.67. The minimum atomic E-state index is 0.381. The van der Waals surface area contributed by atoms with Crippen molar-refractivity contribution in [1.29, 1.82) is 0 Å². The van der Waals surface area contributed by atoms with Crippen molar-refractivity contribution in [3.8, 4) is 0 Å². The lowest BCUT2D eigenvalue weighted by molar-refractivity contribution is 0.448. The molecule has 0 radical (unpaired) electrons. The minimum absolute atomic E-state index is 0.381. The topological polar surface area (TPSA) is 62.6 Å². The van der Waals surface area contributed by atoms with Crippen LogP contribution in [0.3, 0.4) is 0 Å². The first kappa shape index (κ1) is 16.8. The van der Waals surface area contributed by atoms with Gasteiger partial charge >= 0.3 is 0 Å². The SMILES string of the molecule is CC.CN(c1ncnc2[nH]ccc12)C1CCn2cc(CCl)nc2C1. The van der Waals surface area contributed by atoms with Crippen LogP contribution in [0, 0.1) is 0 Å². The molecule has 0 fully saturated rings. The Bertz CT molecular complexity index is 808. The van der Waals surface area contributed by atoms with Crippen LogP contribution in [0.2, 0.25) is 0 Å². The maximum atomic E-state index is 5.89. The number of aryl methyl sites for hydroxylation is 1. The number of halogens is 1. The van der Waals surface area contributed by atoms with E-state index in [0.29, 0.717) is 11.9 Å². The number of rotatable bonds is 3. The molecular weight excluding hydrogens is 324 g/mol. The van der Waals surface area contributed by atoms with Crippen molar-refractivity contribution in [3.05, 3.63) is 36.3 Å². The number of nitrogens with zero attached hydrogens (tertiary/aromatic N) is 5. The molecule has 3 aromatic rings. The monoisotopic (exact) mass is 346 g/mol. The van der Waals surface area contributed by atoms with E-state index in [0.717, 1.165) is 47.8 Å². The lowest BCUT2D eigenvalue weighted by Gasteiger charge is -2.32. The average molecular weight is 347 g/mol. The quantitative estimate of drug-likeness (QED) is 0.738. The van der Waals surface area contributed by atoms with Gasteiger partial charge in [0, 0.05) is 38.4 Å². The number of anilines is 1. The smallest absolute Gasteiger partial charge is 0.142 e. The number of aromatic amines is 1. The van der Waals surface area contributed by atoms with E-state index in [1.807, 2.05) is 26.1 Å². The second-order valence-corrected chi connectivity index (χ2v) is 5.94. The molecular formula is C17H23ClN6. The lowest BCUT2D eigenvalue weighted by Crippen LogP contribution is -2.38. The summed E-state index contributed by atoms with van der Waals surface area (Å²) < 4.78 is 2.22. The Balaban J connectivity index is 0.000000815. The highest BCUT2D eigenvalue weighted by molar-refractivity contribution is 6.16. The van der Waals surface area contributed by atoms with Gasteiger partial charge in [0.2, 0.25) is 0 Å². The number of aromatic nitrogens is 5. The fourth-order valence-electron chi connectivity index (χ4n) is 3.18. The molecule has 0 bridgehead atoms. The normalized spacial score (nSPS) is 16.4. The Morgan fingerprint density at radius 2 is 2.21 bits per heavy atom. The van der Waals surface area contributed by atoms with Gasteiger partial charge in [-0.15, -0.1) is 11.6 Å². The molecule has 24 heavy (non-hydrogen) atoms. The molecule has 0 saturated carbocycles. The van der Waals surface area contributed by atoms with Gasteiger partial charge < -0.3 is 14.5 Å². The first-order valence-electron chi connectivity index (χ1n) is 8.38. The van der Waals surface area contributed by atoms with Gasteiger partial charge in [-0.3, -0.25) is 0 Å². The number of hydrogen-bond acceptors (Lipinski definition) is 4. The van der Waals surface area contributed by atoms with Crippen molar-refractivity contribution >= 4 is 28.5 Å². The molecule has 1 N–H and O–H groups in total. The van der Waals surface area contributed by atoms with Crippen LogP contribution >= 0.6 is 11.6 Å². The van der Waals surface area contributed by atoms with Gasteiger partial charge in [0.15, 0.2) is 0 Å². The van der Waals surface area contributed by atoms with E-state index in [-0.39, 0.29) is 0 Å². The maximum absolute atomic E-state index is 5.89. The molecule has 0 aliphatic carbocycles.